The van der Waals surface area contributed by atoms with E-state index in [4.69, 9.17) is 11.6 Å². The van der Waals surface area contributed by atoms with Gasteiger partial charge in [0.05, 0.1) is 10.8 Å². The second kappa shape index (κ2) is 9.18. The quantitative estimate of drug-likeness (QED) is 0.373. The Bertz CT molecular complexity index is 945. The minimum Gasteiger partial charge on any atom is -0.325 e. The second-order valence-electron chi connectivity index (χ2n) is 5.23. The Morgan fingerprint density at radius 2 is 2.04 bits per heavy atom. The molecule has 0 atom stereocenters. The molecule has 27 heavy (non-hydrogen) atoms. The Morgan fingerprint density at radius 3 is 2.78 bits per heavy atom. The topological polar surface area (TPSA) is 96.0 Å². The number of nitrogens with one attached hydrogen (secondary N) is 3. The van der Waals surface area contributed by atoms with Crippen LogP contribution in [0.15, 0.2) is 40.1 Å². The molecule has 0 aliphatic carbocycles. The second-order valence-corrected chi connectivity index (χ2v) is 8.79. The highest BCUT2D eigenvalue weighted by atomic mass is 35.5. The van der Waals surface area contributed by atoms with E-state index in [1.54, 1.807) is 18.2 Å². The van der Waals surface area contributed by atoms with Gasteiger partial charge in [-0.05, 0) is 42.1 Å². The van der Waals surface area contributed by atoms with Gasteiger partial charge in [-0.3, -0.25) is 15.4 Å². The van der Waals surface area contributed by atoms with Crippen LogP contribution >= 0.6 is 46.0 Å². The molecule has 3 N–H and O–H groups in total. The first-order valence-electron chi connectivity index (χ1n) is 7.63. The normalized spacial score (nSPS) is 10.4. The van der Waals surface area contributed by atoms with E-state index in [0.717, 1.165) is 10.6 Å². The van der Waals surface area contributed by atoms with Crippen molar-refractivity contribution in [2.45, 2.75) is 11.3 Å². The van der Waals surface area contributed by atoms with Gasteiger partial charge in [-0.2, -0.15) is 0 Å². The monoisotopic (exact) mass is 439 g/mol. The van der Waals surface area contributed by atoms with E-state index in [-0.39, 0.29) is 17.7 Å². The summed E-state index contributed by atoms with van der Waals surface area (Å²) in [5, 5.41) is 19.5. The molecule has 0 fully saturated rings. The lowest BCUT2D eigenvalue weighted by Gasteiger charge is -2.06. The summed E-state index contributed by atoms with van der Waals surface area (Å²) >= 11 is 9.90. The highest BCUT2D eigenvalue weighted by Gasteiger charge is 2.11. The molecule has 140 valence electrons. The SMILES string of the molecule is Cc1ccc(NC(=O)CSc2nnc(NC(=O)Nc3cccs3)s2)cc1Cl. The number of anilines is 3. The molecule has 2 aromatic heterocycles. The van der Waals surface area contributed by atoms with Gasteiger partial charge in [-0.1, -0.05) is 40.8 Å². The fraction of sp³-hybridized carbons (Fsp3) is 0.125. The molecule has 1 aromatic carbocycles. The summed E-state index contributed by atoms with van der Waals surface area (Å²) in [4.78, 5) is 23.9. The number of benzene rings is 1. The van der Waals surface area contributed by atoms with Crippen LogP contribution in [0.2, 0.25) is 5.02 Å². The standard InChI is InChI=1S/C16H14ClN5O2S3/c1-9-4-5-10(7-11(9)17)18-12(23)8-26-16-22-21-15(27-16)20-14(24)19-13-3-2-6-25-13/h2-7H,8H2,1H3,(H,18,23)(H2,19,20,21,24). The third-order valence-corrected chi connectivity index (χ3v) is 6.33. The van der Waals surface area contributed by atoms with Crippen molar-refractivity contribution in [3.63, 3.8) is 0 Å². The fourth-order valence-corrected chi connectivity index (χ4v) is 4.24. The van der Waals surface area contributed by atoms with Crippen molar-refractivity contribution in [2.24, 2.45) is 0 Å². The van der Waals surface area contributed by atoms with Crippen LogP contribution in [-0.2, 0) is 4.79 Å². The summed E-state index contributed by atoms with van der Waals surface area (Å²) in [5.74, 6) is -0.0123. The van der Waals surface area contributed by atoms with Crippen molar-refractivity contribution in [1.29, 1.82) is 0 Å². The smallest absolute Gasteiger partial charge is 0.325 e. The Hall–Kier alpha value is -2.14. The lowest BCUT2D eigenvalue weighted by molar-refractivity contribution is -0.113. The van der Waals surface area contributed by atoms with Crippen LogP contribution in [0.4, 0.5) is 20.6 Å². The van der Waals surface area contributed by atoms with Gasteiger partial charge in [0, 0.05) is 10.7 Å². The van der Waals surface area contributed by atoms with Gasteiger partial charge in [-0.15, -0.1) is 21.5 Å². The average molecular weight is 440 g/mol. The molecule has 0 radical (unpaired) electrons. The number of amides is 3. The molecule has 0 aliphatic heterocycles. The average Bonchev–Trinajstić information content (AvgIpc) is 3.28. The molecular weight excluding hydrogens is 426 g/mol. The van der Waals surface area contributed by atoms with Crippen molar-refractivity contribution in [2.75, 3.05) is 21.7 Å². The van der Waals surface area contributed by atoms with Crippen LogP contribution in [0.3, 0.4) is 0 Å². The van der Waals surface area contributed by atoms with Gasteiger partial charge in [0.2, 0.25) is 11.0 Å². The third-order valence-electron chi connectivity index (χ3n) is 3.17. The number of nitrogens with zero attached hydrogens (tertiary/aromatic N) is 2. The molecule has 0 spiro atoms. The Labute approximate surface area is 172 Å². The number of carbonyl (C=O) groups is 2. The summed E-state index contributed by atoms with van der Waals surface area (Å²) in [6, 6.07) is 8.59. The van der Waals surface area contributed by atoms with E-state index in [2.05, 4.69) is 26.1 Å². The molecule has 3 amide bonds. The van der Waals surface area contributed by atoms with Crippen LogP contribution in [0.1, 0.15) is 5.56 Å². The molecule has 0 saturated heterocycles. The number of halogens is 1. The minimum absolute atomic E-state index is 0.168. The molecule has 7 nitrogen and oxygen atoms in total. The first-order valence-corrected chi connectivity index (χ1v) is 10.7. The van der Waals surface area contributed by atoms with Crippen LogP contribution < -0.4 is 16.0 Å². The zero-order chi connectivity index (χ0) is 19.2. The zero-order valence-corrected chi connectivity index (χ0v) is 17.2. The summed E-state index contributed by atoms with van der Waals surface area (Å²) in [6.07, 6.45) is 0. The number of thiophene rings is 1. The summed E-state index contributed by atoms with van der Waals surface area (Å²) < 4.78 is 0.582. The van der Waals surface area contributed by atoms with Crippen molar-refractivity contribution in [1.82, 2.24) is 10.2 Å². The van der Waals surface area contributed by atoms with Crippen LogP contribution in [0, 0.1) is 6.92 Å². The number of urea groups is 1. The van der Waals surface area contributed by atoms with Crippen molar-refractivity contribution < 1.29 is 9.59 Å². The molecule has 2 heterocycles. The number of hydrogen-bond donors (Lipinski definition) is 3. The first kappa shape index (κ1) is 19.6. The maximum absolute atomic E-state index is 12.0. The third kappa shape index (κ3) is 5.93. The molecule has 0 saturated carbocycles. The fourth-order valence-electron chi connectivity index (χ4n) is 1.90. The largest absolute Gasteiger partial charge is 0.326 e. The Balaban J connectivity index is 1.46. The lowest BCUT2D eigenvalue weighted by Crippen LogP contribution is -2.18. The predicted octanol–water partition coefficient (Wildman–Crippen LogP) is 4.94. The number of rotatable bonds is 6. The van der Waals surface area contributed by atoms with Gasteiger partial charge in [0.15, 0.2) is 4.34 Å². The van der Waals surface area contributed by atoms with E-state index in [1.807, 2.05) is 24.4 Å². The highest BCUT2D eigenvalue weighted by Crippen LogP contribution is 2.26. The van der Waals surface area contributed by atoms with Gasteiger partial charge in [-0.25, -0.2) is 4.79 Å². The summed E-state index contributed by atoms with van der Waals surface area (Å²) in [5.41, 5.74) is 1.59. The Kier molecular flexibility index (Phi) is 6.67. The molecule has 0 bridgehead atoms. The number of thioether (sulfide) groups is 1. The van der Waals surface area contributed by atoms with Crippen LogP contribution in [0.5, 0.6) is 0 Å². The maximum atomic E-state index is 12.0. The number of hydrogen-bond acceptors (Lipinski definition) is 7. The predicted molar refractivity (Wildman–Crippen MR) is 112 cm³/mol. The van der Waals surface area contributed by atoms with E-state index in [9.17, 15) is 9.59 Å². The van der Waals surface area contributed by atoms with E-state index >= 15 is 0 Å². The van der Waals surface area contributed by atoms with Gasteiger partial charge < -0.3 is 5.32 Å². The van der Waals surface area contributed by atoms with Gasteiger partial charge >= 0.3 is 6.03 Å². The van der Waals surface area contributed by atoms with Crippen molar-refractivity contribution in [3.05, 3.63) is 46.3 Å². The van der Waals surface area contributed by atoms with Crippen LogP contribution in [-0.4, -0.2) is 27.9 Å². The molecular formula is C16H14ClN5O2S3. The molecule has 3 aromatic rings. The molecule has 0 unspecified atom stereocenters. The molecule has 3 rings (SSSR count). The van der Waals surface area contributed by atoms with Gasteiger partial charge in [0.25, 0.3) is 0 Å². The molecule has 0 aliphatic rings. The number of carbonyl (C=O) groups excluding carboxylic acids is 2. The van der Waals surface area contributed by atoms with Gasteiger partial charge in [0.1, 0.15) is 0 Å². The summed E-state index contributed by atoms with van der Waals surface area (Å²) in [7, 11) is 0. The number of aryl methyl sites for hydroxylation is 1. The minimum atomic E-state index is -0.390. The Morgan fingerprint density at radius 1 is 1.19 bits per heavy atom. The van der Waals surface area contributed by atoms with Crippen molar-refractivity contribution in [3.8, 4) is 0 Å². The van der Waals surface area contributed by atoms with E-state index in [1.165, 1.54) is 34.4 Å². The first-order chi connectivity index (χ1) is 13.0. The lowest BCUT2D eigenvalue weighted by atomic mass is 10.2. The summed E-state index contributed by atoms with van der Waals surface area (Å²) in [6.45, 7) is 1.89. The maximum Gasteiger partial charge on any atom is 0.326 e. The van der Waals surface area contributed by atoms with E-state index < -0.39 is 0 Å². The van der Waals surface area contributed by atoms with Crippen LogP contribution in [0.25, 0.3) is 0 Å². The van der Waals surface area contributed by atoms with E-state index in [0.29, 0.717) is 20.2 Å². The highest BCUT2D eigenvalue weighted by molar-refractivity contribution is 8.01. The van der Waals surface area contributed by atoms with Crippen molar-refractivity contribution >= 4 is 73.8 Å². The number of aromatic nitrogens is 2. The zero-order valence-electron chi connectivity index (χ0n) is 14.0. The molecule has 11 heteroatoms.